The predicted molar refractivity (Wildman–Crippen MR) is 381 cm³/mol. The monoisotopic (exact) mass is 1460 g/mol. The second kappa shape index (κ2) is 61.1. The fourth-order valence-electron chi connectivity index (χ4n) is 9.41. The Morgan fingerprint density at radius 2 is 0.559 bits per heavy atom. The van der Waals surface area contributed by atoms with E-state index in [1.165, 1.54) is 148 Å². The van der Waals surface area contributed by atoms with Crippen molar-refractivity contribution in [2.45, 2.75) is 257 Å². The zero-order valence-corrected chi connectivity index (χ0v) is 62.2. The number of aliphatic hydroxyl groups excluding tert-OH is 6. The van der Waals surface area contributed by atoms with Crippen LogP contribution in [-0.4, -0.2) is 242 Å². The molecule has 588 valence electrons. The van der Waals surface area contributed by atoms with E-state index in [4.69, 9.17) is 37.9 Å². The number of nitrogens with zero attached hydrogens (tertiary/aromatic N) is 2. The topological polar surface area (TPSA) is 421 Å². The van der Waals surface area contributed by atoms with Crippen LogP contribution in [0.1, 0.15) is 208 Å². The van der Waals surface area contributed by atoms with Crippen molar-refractivity contribution >= 4 is 60.1 Å². The highest BCUT2D eigenvalue weighted by molar-refractivity contribution is 5.88. The first-order valence-corrected chi connectivity index (χ1v) is 36.0. The molecule has 0 rings (SSSR count). The molecule has 0 aliphatic heterocycles. The summed E-state index contributed by atoms with van der Waals surface area (Å²) in [4.78, 5) is 123. The van der Waals surface area contributed by atoms with Crippen LogP contribution in [0.2, 0.25) is 0 Å². The smallest absolute Gasteiger partial charge is 0.407 e. The van der Waals surface area contributed by atoms with E-state index in [1.54, 1.807) is 0 Å². The number of hydrogen-bond acceptors (Lipinski definition) is 24. The Balaban J connectivity index is 0. The maximum absolute atomic E-state index is 12.8. The summed E-state index contributed by atoms with van der Waals surface area (Å²) in [6.07, 6.45) is 10.2. The molecule has 0 spiro atoms. The molecular weight excluding hydrogens is 1330 g/mol. The Morgan fingerprint density at radius 3 is 0.794 bits per heavy atom. The van der Waals surface area contributed by atoms with Gasteiger partial charge in [-0.25, -0.2) is 38.4 Å². The van der Waals surface area contributed by atoms with Gasteiger partial charge in [0.15, 0.2) is 12.2 Å². The van der Waals surface area contributed by atoms with E-state index in [0.717, 1.165) is 44.9 Å². The predicted octanol–water partition coefficient (Wildman–Crippen LogP) is 7.36. The molecule has 0 aliphatic carbocycles. The molecule has 0 radical (unpaired) electrons. The molecule has 102 heavy (non-hydrogen) atoms. The third-order valence-electron chi connectivity index (χ3n) is 15.6. The van der Waals surface area contributed by atoms with Gasteiger partial charge in [-0.1, -0.05) is 181 Å². The molecule has 0 aromatic heterocycles. The van der Waals surface area contributed by atoms with Gasteiger partial charge in [-0.15, -0.1) is 0 Å². The van der Waals surface area contributed by atoms with E-state index in [2.05, 4.69) is 61.4 Å². The highest BCUT2D eigenvalue weighted by atomic mass is 16.6. The number of carbonyl (C=O) groups excluding carboxylic acids is 10. The van der Waals surface area contributed by atoms with E-state index in [9.17, 15) is 78.6 Å². The molecule has 8 atom stereocenters. The Morgan fingerprint density at radius 1 is 0.333 bits per heavy atom. The molecule has 0 unspecified atom stereocenters. The summed E-state index contributed by atoms with van der Waals surface area (Å²) < 4.78 is 39.6. The molecule has 0 aromatic rings. The summed E-state index contributed by atoms with van der Waals surface area (Å²) in [5, 5.41) is 73.8. The van der Waals surface area contributed by atoms with Crippen molar-refractivity contribution in [2.75, 3.05) is 93.0 Å². The minimum absolute atomic E-state index is 0.118. The molecule has 0 aromatic carbocycles. The largest absolute Gasteiger partial charge is 0.460 e. The minimum atomic E-state index is -1.92. The molecule has 0 heterocycles. The number of alkyl carbamates (subject to hydrolysis) is 4. The number of unbranched alkanes of at least 4 members (excludes halogenated alkanes) is 22. The van der Waals surface area contributed by atoms with Crippen LogP contribution in [0.5, 0.6) is 0 Å². The van der Waals surface area contributed by atoms with Gasteiger partial charge in [0.25, 0.3) is 0 Å². The van der Waals surface area contributed by atoms with Gasteiger partial charge >= 0.3 is 48.3 Å². The van der Waals surface area contributed by atoms with Gasteiger partial charge in [-0.3, -0.25) is 9.59 Å². The average molecular weight is 1460 g/mol. The first-order valence-electron chi connectivity index (χ1n) is 36.0. The first kappa shape index (κ1) is 96.7. The number of ether oxygens (including phenoxy) is 8. The van der Waals surface area contributed by atoms with Crippen LogP contribution >= 0.6 is 0 Å². The van der Waals surface area contributed by atoms with E-state index in [-0.39, 0.29) is 113 Å². The van der Waals surface area contributed by atoms with E-state index in [0.29, 0.717) is 12.8 Å². The third-order valence-corrected chi connectivity index (χ3v) is 15.6. The number of aliphatic hydroxyl groups is 6. The Kier molecular flexibility index (Phi) is 57.9. The van der Waals surface area contributed by atoms with Crippen LogP contribution in [0.25, 0.3) is 0 Å². The fourth-order valence-corrected chi connectivity index (χ4v) is 9.41. The zero-order chi connectivity index (χ0) is 77.2. The molecule has 0 saturated heterocycles. The molecule has 0 saturated carbocycles. The van der Waals surface area contributed by atoms with E-state index in [1.807, 2.05) is 0 Å². The van der Waals surface area contributed by atoms with Crippen molar-refractivity contribution in [1.29, 1.82) is 0 Å². The van der Waals surface area contributed by atoms with Gasteiger partial charge in [0, 0.05) is 62.3 Å². The van der Waals surface area contributed by atoms with Crippen LogP contribution in [0.3, 0.4) is 0 Å². The molecule has 6 amide bonds. The highest BCUT2D eigenvalue weighted by Crippen LogP contribution is 2.18. The second-order valence-corrected chi connectivity index (χ2v) is 25.4. The van der Waals surface area contributed by atoms with Gasteiger partial charge < -0.3 is 99.6 Å². The van der Waals surface area contributed by atoms with Crippen molar-refractivity contribution in [3.63, 3.8) is 0 Å². The third kappa shape index (κ3) is 51.7. The fraction of sp³-hybridized carbons (Fsp3) is 0.750. The zero-order valence-electron chi connectivity index (χ0n) is 62.2. The van der Waals surface area contributed by atoms with Crippen LogP contribution in [0.15, 0.2) is 48.6 Å². The quantitative estimate of drug-likeness (QED) is 0.0123. The summed E-state index contributed by atoms with van der Waals surface area (Å²) in [7, 11) is 2.91. The Hall–Kier alpha value is -7.38. The van der Waals surface area contributed by atoms with Crippen molar-refractivity contribution in [2.24, 2.45) is 0 Å². The highest BCUT2D eigenvalue weighted by Gasteiger charge is 2.39. The maximum Gasteiger partial charge on any atom is 0.407 e. The lowest BCUT2D eigenvalue weighted by Crippen LogP contribution is -2.53. The summed E-state index contributed by atoms with van der Waals surface area (Å²) in [6.45, 7) is 20.3. The number of likely N-dealkylation sites (N-methyl/N-ethyl adjacent to an activating group) is 2. The molecular formula is C72H126N6O24. The number of carbonyl (C=O) groups is 10. The van der Waals surface area contributed by atoms with Gasteiger partial charge in [-0.2, -0.15) is 0 Å². The first-order chi connectivity index (χ1) is 48.4. The van der Waals surface area contributed by atoms with Crippen molar-refractivity contribution in [3.05, 3.63) is 48.6 Å². The van der Waals surface area contributed by atoms with Crippen molar-refractivity contribution in [3.8, 4) is 0 Å². The summed E-state index contributed by atoms with van der Waals surface area (Å²) in [5.74, 6) is -3.13. The average Bonchev–Trinajstić information content (AvgIpc) is 0.865. The lowest BCUT2D eigenvalue weighted by Gasteiger charge is -2.31. The van der Waals surface area contributed by atoms with Crippen molar-refractivity contribution in [1.82, 2.24) is 31.1 Å². The van der Waals surface area contributed by atoms with Gasteiger partial charge in [0.2, 0.25) is 11.8 Å². The lowest BCUT2D eigenvalue weighted by atomic mass is 10.0. The van der Waals surface area contributed by atoms with Crippen LogP contribution in [0.4, 0.5) is 19.2 Å². The Bertz CT molecular complexity index is 2470. The number of rotatable bonds is 58. The maximum atomic E-state index is 12.8. The van der Waals surface area contributed by atoms with Crippen LogP contribution < -0.4 is 21.3 Å². The summed E-state index contributed by atoms with van der Waals surface area (Å²) in [5.41, 5.74) is 0.678. The molecule has 0 fully saturated rings. The molecule has 30 nitrogen and oxygen atoms in total. The lowest BCUT2D eigenvalue weighted by molar-refractivity contribution is -0.140. The minimum Gasteiger partial charge on any atom is -0.460 e. The number of esters is 4. The molecule has 0 bridgehead atoms. The molecule has 0 aliphatic rings. The second-order valence-electron chi connectivity index (χ2n) is 25.4. The van der Waals surface area contributed by atoms with Crippen LogP contribution in [0, 0.1) is 0 Å². The van der Waals surface area contributed by atoms with Crippen molar-refractivity contribution < 1.29 is 116 Å². The molecule has 30 heteroatoms. The number of nitrogens with one attached hydrogen (secondary N) is 4. The summed E-state index contributed by atoms with van der Waals surface area (Å²) >= 11 is 0. The van der Waals surface area contributed by atoms with Gasteiger partial charge in [0.05, 0.1) is 26.2 Å². The molecule has 10 N–H and O–H groups in total. The SMILES string of the molecule is C=C(C)C(=O)OCCNC(=O)OC[C@@H](O)[C@@H](OC(=O)NCCOC(=O)C(=C)C)[C@H](O)[C@@H](O)CN(C)C(=O)CCCCCCC.C=C(C)C(=O)OCCNC(=O)OC[C@@H](O)[C@@H](OC(=O)NCCOC(=O)C(=C)C)[C@H](O)[C@@H](O)CN(C)C(=O)CCCCCCCCCCCCCCCCCCCCC. The van der Waals surface area contributed by atoms with Gasteiger partial charge in [-0.05, 0) is 40.5 Å². The normalized spacial score (nSPS) is 13.2. The van der Waals surface area contributed by atoms with Gasteiger partial charge in [0.1, 0.15) is 76.3 Å². The van der Waals surface area contributed by atoms with E-state index < -0.39 is 110 Å². The summed E-state index contributed by atoms with van der Waals surface area (Å²) in [6, 6.07) is 0. The number of amides is 6. The standard InChI is InChI=1S/C43H77N3O12.C29H49N3O12/c1-7-8-9-10-11-12-13-14-15-16-17-18-19-20-21-22-23-24-25-26-37(49)46(6)31-35(47)38(50)39(58-43(54)45-28-30-56-41(52)34(4)5)36(48)32-57-42(53)44-27-29-55-40(51)33(2)3;1-7-8-9-10-11-12-23(35)32(6)17-21(33)24(36)25(44-29(40)31-14-16-42-27(38)20(4)5)22(34)18-43-28(39)30-13-15-41-26(37)19(2)3/h35-36,38-39,47-48,50H,2,4,7-32H2,1,3,5-6H3,(H,44,53)(H,45,54);21-22,24-25,33-34,36H,2,4,7-18H2,1,3,5-6H3,(H,30,39)(H,31,40)/t35-,36+,38+,39+;21-,22+,24+,25+/m00/s1. The Labute approximate surface area is 604 Å². The number of hydrogen-bond donors (Lipinski definition) is 10. The van der Waals surface area contributed by atoms with E-state index >= 15 is 0 Å². The van der Waals surface area contributed by atoms with Crippen LogP contribution in [-0.2, 0) is 66.7 Å².